The Kier molecular flexibility index (Phi) is 6.68. The van der Waals surface area contributed by atoms with Gasteiger partial charge in [0, 0.05) is 0 Å². The lowest BCUT2D eigenvalue weighted by molar-refractivity contribution is -0.210. The molecule has 0 amide bonds. The van der Waals surface area contributed by atoms with E-state index in [2.05, 4.69) is 15.0 Å². The highest BCUT2D eigenvalue weighted by atomic mass is 19.4. The summed E-state index contributed by atoms with van der Waals surface area (Å²) >= 11 is 0. The van der Waals surface area contributed by atoms with Gasteiger partial charge in [0.25, 0.3) is 0 Å². The highest BCUT2D eigenvalue weighted by molar-refractivity contribution is 5.90. The van der Waals surface area contributed by atoms with Gasteiger partial charge >= 0.3 is 18.1 Å². The lowest BCUT2D eigenvalue weighted by Gasteiger charge is -2.26. The Balaban J connectivity index is 1.50. The molecule has 0 bridgehead atoms. The van der Waals surface area contributed by atoms with Crippen LogP contribution in [0.5, 0.6) is 0 Å². The van der Waals surface area contributed by atoms with Crippen LogP contribution in [-0.2, 0) is 14.2 Å². The zero-order chi connectivity index (χ0) is 26.9. The van der Waals surface area contributed by atoms with E-state index in [1.165, 1.54) is 24.3 Å². The van der Waals surface area contributed by atoms with E-state index in [-0.39, 0.29) is 28.1 Å². The van der Waals surface area contributed by atoms with Crippen LogP contribution in [-0.4, -0.2) is 56.4 Å². The minimum atomic E-state index is -4.90. The van der Waals surface area contributed by atoms with Gasteiger partial charge in [-0.3, -0.25) is 4.57 Å². The molecule has 13 heteroatoms. The Labute approximate surface area is 213 Å². The predicted octanol–water partition coefficient (Wildman–Crippen LogP) is 3.57. The van der Waals surface area contributed by atoms with Crippen molar-refractivity contribution in [3.8, 4) is 0 Å². The predicted molar refractivity (Wildman–Crippen MR) is 126 cm³/mol. The van der Waals surface area contributed by atoms with Crippen molar-refractivity contribution in [2.24, 2.45) is 5.92 Å². The Morgan fingerprint density at radius 1 is 0.947 bits per heavy atom. The summed E-state index contributed by atoms with van der Waals surface area (Å²) in [5.74, 6) is -4.15. The number of nitrogen functional groups attached to an aromatic ring is 1. The van der Waals surface area contributed by atoms with Crippen molar-refractivity contribution in [1.82, 2.24) is 19.5 Å². The maximum atomic E-state index is 14.6. The Morgan fingerprint density at radius 2 is 1.58 bits per heavy atom. The highest BCUT2D eigenvalue weighted by Gasteiger charge is 2.61. The van der Waals surface area contributed by atoms with E-state index in [1.807, 2.05) is 0 Å². The number of hydrogen-bond donors (Lipinski definition) is 1. The van der Waals surface area contributed by atoms with Crippen molar-refractivity contribution in [1.29, 1.82) is 0 Å². The molecule has 2 aromatic heterocycles. The van der Waals surface area contributed by atoms with Crippen LogP contribution in [0.1, 0.15) is 26.9 Å². The topological polar surface area (TPSA) is 131 Å². The van der Waals surface area contributed by atoms with E-state index in [4.69, 9.17) is 19.9 Å². The van der Waals surface area contributed by atoms with Gasteiger partial charge in [-0.15, -0.1) is 0 Å². The van der Waals surface area contributed by atoms with Crippen LogP contribution in [0.4, 0.5) is 19.0 Å². The van der Waals surface area contributed by atoms with Gasteiger partial charge in [0.05, 0.1) is 17.5 Å². The molecule has 1 aliphatic rings. The fourth-order valence-corrected chi connectivity index (χ4v) is 4.24. The molecule has 38 heavy (non-hydrogen) atoms. The van der Waals surface area contributed by atoms with Crippen LogP contribution < -0.4 is 5.73 Å². The molecule has 5 rings (SSSR count). The van der Waals surface area contributed by atoms with Gasteiger partial charge in [-0.2, -0.15) is 13.2 Å². The number of carbonyl (C=O) groups is 2. The van der Waals surface area contributed by atoms with Crippen molar-refractivity contribution < 1.29 is 37.0 Å². The molecule has 0 radical (unpaired) electrons. The van der Waals surface area contributed by atoms with E-state index in [1.54, 1.807) is 36.4 Å². The fraction of sp³-hybridized carbons (Fsp3) is 0.240. The third-order valence-electron chi connectivity index (χ3n) is 6.02. The quantitative estimate of drug-likeness (QED) is 0.374. The van der Waals surface area contributed by atoms with E-state index < -0.39 is 49.1 Å². The Bertz CT molecular complexity index is 1450. The number of fused-ring (bicyclic) bond motifs is 1. The number of hydrogen-bond acceptors (Lipinski definition) is 9. The first-order chi connectivity index (χ1) is 18.2. The van der Waals surface area contributed by atoms with E-state index in [9.17, 15) is 22.8 Å². The maximum Gasteiger partial charge on any atom is 0.399 e. The highest BCUT2D eigenvalue weighted by Crippen LogP contribution is 2.47. The first kappa shape index (κ1) is 25.1. The van der Waals surface area contributed by atoms with Crippen LogP contribution in [0.25, 0.3) is 11.2 Å². The molecule has 2 aromatic carbocycles. The second-order valence-corrected chi connectivity index (χ2v) is 8.42. The van der Waals surface area contributed by atoms with Crippen LogP contribution in [0, 0.1) is 5.92 Å². The van der Waals surface area contributed by atoms with Crippen LogP contribution in [0.3, 0.4) is 0 Å². The minimum Gasteiger partial charge on any atom is -0.459 e. The van der Waals surface area contributed by atoms with Crippen LogP contribution in [0.2, 0.25) is 0 Å². The van der Waals surface area contributed by atoms with Gasteiger partial charge in [-0.05, 0) is 24.3 Å². The molecular weight excluding hydrogens is 507 g/mol. The van der Waals surface area contributed by atoms with Gasteiger partial charge in [0.2, 0.25) is 0 Å². The summed E-state index contributed by atoms with van der Waals surface area (Å²) in [7, 11) is 0. The number of anilines is 1. The van der Waals surface area contributed by atoms with Crippen molar-refractivity contribution in [2.45, 2.75) is 24.6 Å². The van der Waals surface area contributed by atoms with Gasteiger partial charge < -0.3 is 19.9 Å². The number of nitrogens with two attached hydrogens (primary N) is 1. The summed E-state index contributed by atoms with van der Waals surface area (Å²) in [5.41, 5.74) is 6.10. The first-order valence-electron chi connectivity index (χ1n) is 11.4. The largest absolute Gasteiger partial charge is 0.459 e. The number of alkyl halides is 3. The molecule has 0 saturated carbocycles. The number of aromatic nitrogens is 4. The number of rotatable bonds is 6. The van der Waals surface area contributed by atoms with E-state index in [0.29, 0.717) is 0 Å². The standard InChI is InChI=1S/C25H20F3N5O5/c26-25(27,28)17-19(38-24(35)15-9-5-2-6-10-15)16(11-36-23(34)14-7-3-1-4-8-14)37-22(17)33-13-32-18-20(29)30-12-31-21(18)33/h1-10,12-13,16-17,19,22H,11H2,(H2,29,30,31)/t16-,17-,19-,22+/m1/s1. The minimum absolute atomic E-state index is 0.00758. The molecule has 1 fully saturated rings. The second kappa shape index (κ2) is 10.1. The number of imidazole rings is 1. The van der Waals surface area contributed by atoms with Crippen molar-refractivity contribution in [3.63, 3.8) is 0 Å². The smallest absolute Gasteiger partial charge is 0.399 e. The van der Waals surface area contributed by atoms with Crippen molar-refractivity contribution in [3.05, 3.63) is 84.4 Å². The molecule has 4 aromatic rings. The Morgan fingerprint density at radius 3 is 2.21 bits per heavy atom. The summed E-state index contributed by atoms with van der Waals surface area (Å²) in [6.45, 7) is -0.618. The molecule has 2 N–H and O–H groups in total. The van der Waals surface area contributed by atoms with Crippen molar-refractivity contribution >= 4 is 28.9 Å². The number of benzene rings is 2. The molecule has 0 unspecified atom stereocenters. The summed E-state index contributed by atoms with van der Waals surface area (Å²) in [6.07, 6.45) is -7.83. The lowest BCUT2D eigenvalue weighted by Crippen LogP contribution is -2.42. The molecule has 0 spiro atoms. The average molecular weight is 527 g/mol. The molecule has 3 heterocycles. The number of nitrogens with zero attached hydrogens (tertiary/aromatic N) is 4. The molecule has 1 saturated heterocycles. The molecular formula is C25H20F3N5O5. The third-order valence-corrected chi connectivity index (χ3v) is 6.02. The van der Waals surface area contributed by atoms with E-state index >= 15 is 0 Å². The number of esters is 2. The average Bonchev–Trinajstić information content (AvgIpc) is 3.50. The normalized spacial score (nSPS) is 21.3. The SMILES string of the molecule is Nc1ncnc2c1ncn2[C@H]1O[C@H](COC(=O)c2ccccc2)[C@@H](OC(=O)c2ccccc2)[C@H]1C(F)(F)F. The van der Waals surface area contributed by atoms with Gasteiger partial charge in [0.15, 0.2) is 17.7 Å². The fourth-order valence-electron chi connectivity index (χ4n) is 4.24. The molecule has 10 nitrogen and oxygen atoms in total. The maximum absolute atomic E-state index is 14.6. The van der Waals surface area contributed by atoms with Crippen LogP contribution >= 0.6 is 0 Å². The second-order valence-electron chi connectivity index (χ2n) is 8.42. The van der Waals surface area contributed by atoms with Gasteiger partial charge in [-0.25, -0.2) is 24.5 Å². The van der Waals surface area contributed by atoms with E-state index in [0.717, 1.165) is 17.2 Å². The third kappa shape index (κ3) is 4.87. The monoisotopic (exact) mass is 527 g/mol. The number of carbonyl (C=O) groups excluding carboxylic acids is 2. The summed E-state index contributed by atoms with van der Waals surface area (Å²) < 4.78 is 61.1. The zero-order valence-corrected chi connectivity index (χ0v) is 19.5. The molecule has 4 atom stereocenters. The number of ether oxygens (including phenoxy) is 3. The zero-order valence-electron chi connectivity index (χ0n) is 19.5. The lowest BCUT2D eigenvalue weighted by atomic mass is 9.98. The first-order valence-corrected chi connectivity index (χ1v) is 11.4. The Hall–Kier alpha value is -4.52. The summed E-state index contributed by atoms with van der Waals surface area (Å²) in [5, 5.41) is 0. The van der Waals surface area contributed by atoms with Crippen LogP contribution in [0.15, 0.2) is 73.3 Å². The van der Waals surface area contributed by atoms with Gasteiger partial charge in [0.1, 0.15) is 36.6 Å². The summed E-state index contributed by atoms with van der Waals surface area (Å²) in [4.78, 5) is 37.1. The number of halogens is 3. The van der Waals surface area contributed by atoms with Crippen molar-refractivity contribution in [2.75, 3.05) is 12.3 Å². The molecule has 1 aliphatic heterocycles. The molecule has 196 valence electrons. The molecule has 0 aliphatic carbocycles. The van der Waals surface area contributed by atoms with Gasteiger partial charge in [-0.1, -0.05) is 36.4 Å². The summed E-state index contributed by atoms with van der Waals surface area (Å²) in [6, 6.07) is 15.5.